The molecule has 40 heavy (non-hydrogen) atoms. The molecular weight excluding hydrogens is 550 g/mol. The first-order chi connectivity index (χ1) is 19.2. The first-order valence-electron chi connectivity index (χ1n) is 12.5. The van der Waals surface area contributed by atoms with Gasteiger partial charge < -0.3 is 4.90 Å². The predicted molar refractivity (Wildman–Crippen MR) is 155 cm³/mol. The van der Waals surface area contributed by atoms with Gasteiger partial charge in [-0.15, -0.1) is 0 Å². The van der Waals surface area contributed by atoms with Crippen LogP contribution in [0, 0.1) is 5.92 Å². The largest absolute Gasteiger partial charge is 0.312 e. The number of hydrogen-bond acceptors (Lipinski definition) is 6. The van der Waals surface area contributed by atoms with Crippen molar-refractivity contribution in [2.75, 3.05) is 11.4 Å². The van der Waals surface area contributed by atoms with Crippen molar-refractivity contribution >= 4 is 45.2 Å². The Morgan fingerprint density at radius 1 is 1.00 bits per heavy atom. The van der Waals surface area contributed by atoms with Gasteiger partial charge in [-0.3, -0.25) is 14.3 Å². The second kappa shape index (κ2) is 13.2. The first kappa shape index (κ1) is 28.7. The Kier molecular flexibility index (Phi) is 9.47. The molecule has 0 bridgehead atoms. The number of carbonyl (C=O) groups excluding carboxylic acids is 2. The van der Waals surface area contributed by atoms with E-state index in [0.29, 0.717) is 28.5 Å². The van der Waals surface area contributed by atoms with Crippen LogP contribution in [0.2, 0.25) is 5.15 Å². The number of nitrogens with zero attached hydrogens (tertiary/aromatic N) is 4. The lowest BCUT2D eigenvalue weighted by Crippen LogP contribution is -2.46. The minimum absolute atomic E-state index is 0.0508. The van der Waals surface area contributed by atoms with Crippen molar-refractivity contribution in [2.24, 2.45) is 5.92 Å². The highest BCUT2D eigenvalue weighted by Gasteiger charge is 2.33. The topological polar surface area (TPSA) is 114 Å². The number of para-hydroxylation sites is 1. The molecule has 0 aliphatic carbocycles. The Bertz CT molecular complexity index is 1570. The number of rotatable bonds is 11. The van der Waals surface area contributed by atoms with Crippen LogP contribution < -0.4 is 9.62 Å². The summed E-state index contributed by atoms with van der Waals surface area (Å²) in [7, 11) is -4.18. The van der Waals surface area contributed by atoms with Gasteiger partial charge in [-0.1, -0.05) is 66.2 Å². The maximum atomic E-state index is 13.7. The third-order valence-corrected chi connectivity index (χ3v) is 7.21. The third kappa shape index (κ3) is 7.87. The van der Waals surface area contributed by atoms with Gasteiger partial charge in [-0.05, 0) is 54.3 Å². The number of sulfonamides is 1. The van der Waals surface area contributed by atoms with E-state index >= 15 is 0 Å². The van der Waals surface area contributed by atoms with Crippen molar-refractivity contribution in [1.82, 2.24) is 19.5 Å². The predicted octanol–water partition coefficient (Wildman–Crippen LogP) is 4.31. The average Bonchev–Trinajstić information content (AvgIpc) is 3.40. The van der Waals surface area contributed by atoms with Crippen molar-refractivity contribution < 1.29 is 18.0 Å². The van der Waals surface area contributed by atoms with E-state index in [1.165, 1.54) is 11.0 Å². The van der Waals surface area contributed by atoms with Crippen LogP contribution in [0.4, 0.5) is 5.69 Å². The lowest BCUT2D eigenvalue weighted by atomic mass is 9.99. The molecule has 0 saturated carbocycles. The van der Waals surface area contributed by atoms with Crippen molar-refractivity contribution in [3.63, 3.8) is 0 Å². The minimum Gasteiger partial charge on any atom is -0.312 e. The molecule has 2 aromatic carbocycles. The molecule has 0 aliphatic heterocycles. The van der Waals surface area contributed by atoms with E-state index in [9.17, 15) is 18.0 Å². The normalized spacial score (nSPS) is 12.2. The van der Waals surface area contributed by atoms with E-state index in [-0.39, 0.29) is 13.0 Å². The lowest BCUT2D eigenvalue weighted by molar-refractivity contribution is -0.132. The van der Waals surface area contributed by atoms with E-state index in [0.717, 1.165) is 11.0 Å². The van der Waals surface area contributed by atoms with Gasteiger partial charge in [0.15, 0.2) is 0 Å². The molecule has 2 heterocycles. The summed E-state index contributed by atoms with van der Waals surface area (Å²) < 4.78 is 29.2. The van der Waals surface area contributed by atoms with Crippen LogP contribution in [-0.2, 0) is 32.6 Å². The number of pyridine rings is 1. The number of aromatic nitrogens is 3. The maximum Gasteiger partial charge on any atom is 0.257 e. The Balaban J connectivity index is 1.57. The Morgan fingerprint density at radius 3 is 2.35 bits per heavy atom. The first-order valence-corrected chi connectivity index (χ1v) is 14.4. The molecule has 0 radical (unpaired) electrons. The van der Waals surface area contributed by atoms with E-state index in [2.05, 4.69) is 14.8 Å². The van der Waals surface area contributed by atoms with Gasteiger partial charge in [-0.25, -0.2) is 18.1 Å². The summed E-state index contributed by atoms with van der Waals surface area (Å²) in [6.07, 6.45) is 6.23. The van der Waals surface area contributed by atoms with Crippen LogP contribution in [0.5, 0.6) is 0 Å². The molecule has 0 saturated heterocycles. The average molecular weight is 578 g/mol. The summed E-state index contributed by atoms with van der Waals surface area (Å²) in [5.41, 5.74) is 2.71. The summed E-state index contributed by atoms with van der Waals surface area (Å²) in [6.45, 7) is 2.48. The zero-order valence-electron chi connectivity index (χ0n) is 21.7. The summed E-state index contributed by atoms with van der Waals surface area (Å²) in [6, 6.07) is 21.2. The molecule has 1 unspecified atom stereocenters. The fourth-order valence-electron chi connectivity index (χ4n) is 4.05. The van der Waals surface area contributed by atoms with Crippen LogP contribution in [0.15, 0.2) is 96.8 Å². The van der Waals surface area contributed by atoms with Gasteiger partial charge in [0, 0.05) is 24.6 Å². The molecule has 1 atom stereocenters. The summed E-state index contributed by atoms with van der Waals surface area (Å²) in [5, 5.41) is 5.63. The number of benzene rings is 2. The molecule has 0 aliphatic rings. The quantitative estimate of drug-likeness (QED) is 0.210. The summed E-state index contributed by atoms with van der Waals surface area (Å²) >= 11 is 5.86. The molecule has 4 rings (SSSR count). The van der Waals surface area contributed by atoms with Gasteiger partial charge in [0.05, 0.1) is 18.1 Å². The molecule has 11 heteroatoms. The molecule has 9 nitrogen and oxygen atoms in total. The number of amides is 2. The van der Waals surface area contributed by atoms with E-state index in [1.807, 2.05) is 18.2 Å². The van der Waals surface area contributed by atoms with E-state index in [1.54, 1.807) is 84.8 Å². The Hall–Kier alpha value is -4.28. The Morgan fingerprint density at radius 2 is 1.70 bits per heavy atom. The monoisotopic (exact) mass is 577 g/mol. The molecule has 0 fully saturated rings. The second-order valence-corrected chi connectivity index (χ2v) is 10.9. The fourth-order valence-corrected chi connectivity index (χ4v) is 4.99. The lowest BCUT2D eigenvalue weighted by Gasteiger charge is -2.25. The third-order valence-electron chi connectivity index (χ3n) is 6.01. The van der Waals surface area contributed by atoms with Gasteiger partial charge in [0.2, 0.25) is 11.8 Å². The van der Waals surface area contributed by atoms with Crippen LogP contribution in [-0.4, -0.2) is 41.5 Å². The van der Waals surface area contributed by atoms with Crippen molar-refractivity contribution in [3.8, 4) is 0 Å². The van der Waals surface area contributed by atoms with Crippen molar-refractivity contribution in [3.05, 3.63) is 119 Å². The summed E-state index contributed by atoms with van der Waals surface area (Å²) in [5.74, 6) is -2.77. The molecule has 2 aromatic heterocycles. The molecule has 1 N–H and O–H groups in total. The zero-order valence-corrected chi connectivity index (χ0v) is 23.3. The smallest absolute Gasteiger partial charge is 0.257 e. The number of halogens is 1. The van der Waals surface area contributed by atoms with Gasteiger partial charge in [0.1, 0.15) is 11.1 Å². The number of anilines is 1. The van der Waals surface area contributed by atoms with Gasteiger partial charge in [-0.2, -0.15) is 5.10 Å². The molecular formula is C29H28ClN5O4S. The van der Waals surface area contributed by atoms with Crippen LogP contribution in [0.25, 0.3) is 6.08 Å². The zero-order chi connectivity index (χ0) is 28.5. The van der Waals surface area contributed by atoms with Crippen LogP contribution in [0.3, 0.4) is 0 Å². The highest BCUT2D eigenvalue weighted by atomic mass is 35.5. The number of carbonyl (C=O) groups is 2. The molecule has 4 aromatic rings. The molecule has 206 valence electrons. The van der Waals surface area contributed by atoms with Gasteiger partial charge >= 0.3 is 0 Å². The van der Waals surface area contributed by atoms with Crippen molar-refractivity contribution in [1.29, 1.82) is 0 Å². The Labute approximate surface area is 238 Å². The summed E-state index contributed by atoms with van der Waals surface area (Å²) in [4.78, 5) is 32.6. The minimum atomic E-state index is -4.18. The number of hydrogen-bond donors (Lipinski definition) is 1. The van der Waals surface area contributed by atoms with E-state index in [4.69, 9.17) is 11.6 Å². The second-order valence-electron chi connectivity index (χ2n) is 8.93. The van der Waals surface area contributed by atoms with Crippen LogP contribution >= 0.6 is 11.6 Å². The molecule has 2 amide bonds. The number of nitrogens with one attached hydrogen (secondary N) is 1. The standard InChI is InChI=1S/C29H28ClN5O4S/c1-2-35(25-11-7-4-8-12-25)29(37)26(28(36)33-40(38,39)16-15-22-9-5-3-6-10-22)17-24-19-32-34(21-24)20-23-13-14-27(30)31-18-23/h3-16,18-19,21,26H,2,17,20H2,1H3,(H,33,36). The maximum absolute atomic E-state index is 13.7. The highest BCUT2D eigenvalue weighted by Crippen LogP contribution is 2.20. The van der Waals surface area contributed by atoms with Crippen molar-refractivity contribution in [2.45, 2.75) is 19.9 Å². The highest BCUT2D eigenvalue weighted by molar-refractivity contribution is 7.93. The van der Waals surface area contributed by atoms with Gasteiger partial charge in [0.25, 0.3) is 10.0 Å². The fraction of sp³-hybridized carbons (Fsp3) is 0.172. The van der Waals surface area contributed by atoms with Crippen LogP contribution in [0.1, 0.15) is 23.6 Å². The molecule has 0 spiro atoms. The van der Waals surface area contributed by atoms with E-state index < -0.39 is 27.8 Å². The SMILES string of the molecule is CCN(C(=O)C(Cc1cnn(Cc2ccc(Cl)nc2)c1)C(=O)NS(=O)(=O)C=Cc1ccccc1)c1ccccc1.